The summed E-state index contributed by atoms with van der Waals surface area (Å²) in [5.41, 5.74) is 4.38. The lowest BCUT2D eigenvalue weighted by Gasteiger charge is -2.39. The fourth-order valence-corrected chi connectivity index (χ4v) is 4.21. The lowest BCUT2D eigenvalue weighted by Crippen LogP contribution is -2.40. The molecule has 2 heterocycles. The van der Waals surface area contributed by atoms with E-state index < -0.39 is 12.2 Å². The highest BCUT2D eigenvalue weighted by Gasteiger charge is 2.38. The van der Waals surface area contributed by atoms with Gasteiger partial charge >= 0.3 is 0 Å². The highest BCUT2D eigenvalue weighted by Crippen LogP contribution is 2.47. The molecule has 3 aromatic rings. The van der Waals surface area contributed by atoms with Gasteiger partial charge in [-0.2, -0.15) is 0 Å². The Bertz CT molecular complexity index is 1030. The first-order valence-corrected chi connectivity index (χ1v) is 9.28. The van der Waals surface area contributed by atoms with Crippen LogP contribution in [-0.4, -0.2) is 29.0 Å². The molecule has 0 unspecified atom stereocenters. The molecule has 27 heavy (non-hydrogen) atoms. The smallest absolute Gasteiger partial charge is 0.191 e. The Hall–Kier alpha value is -2.82. The minimum atomic E-state index is -0.719. The van der Waals surface area contributed by atoms with Crippen molar-refractivity contribution in [3.63, 3.8) is 0 Å². The summed E-state index contributed by atoms with van der Waals surface area (Å²) >= 11 is 0. The lowest BCUT2D eigenvalue weighted by molar-refractivity contribution is -0.0472. The van der Waals surface area contributed by atoms with Gasteiger partial charge in [0.15, 0.2) is 5.88 Å². The molecule has 0 saturated carbocycles. The van der Waals surface area contributed by atoms with Crippen molar-refractivity contribution in [3.8, 4) is 0 Å². The minimum Gasteiger partial charge on any atom is -0.470 e. The van der Waals surface area contributed by atoms with Crippen LogP contribution in [-0.2, 0) is 4.74 Å². The maximum atomic E-state index is 10.4. The standard InChI is InChI=1S/C23H21NO3/c25-13-21-20(26)12-18-22(14-6-2-1-3-7-14)17-10-15-8-4-5-9-16(15)11-19(17)24-23(18)27-21/h1-11,20-22,24-26H,12-13H2/t20-,21+,22+/m0/s1. The molecule has 0 radical (unpaired) electrons. The summed E-state index contributed by atoms with van der Waals surface area (Å²) in [5, 5.41) is 25.7. The second-order valence-electron chi connectivity index (χ2n) is 7.22. The van der Waals surface area contributed by atoms with Crippen LogP contribution in [0.1, 0.15) is 23.5 Å². The normalized spacial score (nSPS) is 24.0. The second-order valence-corrected chi connectivity index (χ2v) is 7.22. The summed E-state index contributed by atoms with van der Waals surface area (Å²) in [7, 11) is 0. The highest BCUT2D eigenvalue weighted by atomic mass is 16.5. The van der Waals surface area contributed by atoms with Gasteiger partial charge in [-0.05, 0) is 34.0 Å². The molecule has 0 fully saturated rings. The topological polar surface area (TPSA) is 61.7 Å². The summed E-state index contributed by atoms with van der Waals surface area (Å²) in [5.74, 6) is 0.673. The van der Waals surface area contributed by atoms with E-state index in [1.165, 1.54) is 16.5 Å². The van der Waals surface area contributed by atoms with Gasteiger partial charge in [0.1, 0.15) is 6.10 Å². The number of aliphatic hydroxyl groups excluding tert-OH is 2. The predicted molar refractivity (Wildman–Crippen MR) is 105 cm³/mol. The summed E-state index contributed by atoms with van der Waals surface area (Å²) in [6.45, 7) is -0.208. The van der Waals surface area contributed by atoms with E-state index in [4.69, 9.17) is 4.74 Å². The zero-order valence-corrected chi connectivity index (χ0v) is 14.8. The lowest BCUT2D eigenvalue weighted by atomic mass is 9.78. The second kappa shape index (κ2) is 6.41. The van der Waals surface area contributed by atoms with Gasteiger partial charge in [0.25, 0.3) is 0 Å². The number of aliphatic hydroxyl groups is 2. The van der Waals surface area contributed by atoms with Gasteiger partial charge in [-0.3, -0.25) is 0 Å². The molecule has 0 spiro atoms. The van der Waals surface area contributed by atoms with Crippen LogP contribution in [0.5, 0.6) is 0 Å². The van der Waals surface area contributed by atoms with Crippen LogP contribution in [0.4, 0.5) is 5.69 Å². The van der Waals surface area contributed by atoms with Crippen molar-refractivity contribution in [1.29, 1.82) is 0 Å². The maximum Gasteiger partial charge on any atom is 0.191 e. The van der Waals surface area contributed by atoms with Crippen LogP contribution in [0.25, 0.3) is 10.8 Å². The first-order chi connectivity index (χ1) is 13.2. The van der Waals surface area contributed by atoms with Crippen molar-refractivity contribution < 1.29 is 14.9 Å². The van der Waals surface area contributed by atoms with Crippen molar-refractivity contribution >= 4 is 16.5 Å². The molecule has 2 aliphatic rings. The molecule has 3 atom stereocenters. The molecule has 5 rings (SSSR count). The molecular formula is C23H21NO3. The van der Waals surface area contributed by atoms with Crippen molar-refractivity contribution in [3.05, 3.63) is 89.3 Å². The Kier molecular flexibility index (Phi) is 3.88. The van der Waals surface area contributed by atoms with Gasteiger partial charge < -0.3 is 20.3 Å². The van der Waals surface area contributed by atoms with Gasteiger partial charge in [-0.25, -0.2) is 0 Å². The number of fused-ring (bicyclic) bond motifs is 2. The Labute approximate surface area is 157 Å². The highest BCUT2D eigenvalue weighted by molar-refractivity contribution is 5.89. The predicted octanol–water partition coefficient (Wildman–Crippen LogP) is 3.75. The van der Waals surface area contributed by atoms with Crippen LogP contribution >= 0.6 is 0 Å². The van der Waals surface area contributed by atoms with E-state index in [0.29, 0.717) is 12.3 Å². The Morgan fingerprint density at radius 3 is 2.41 bits per heavy atom. The number of hydrogen-bond donors (Lipinski definition) is 3. The van der Waals surface area contributed by atoms with Gasteiger partial charge in [-0.1, -0.05) is 54.6 Å². The third kappa shape index (κ3) is 2.69. The number of nitrogens with one attached hydrogen (secondary N) is 1. The number of ether oxygens (including phenoxy) is 1. The van der Waals surface area contributed by atoms with Crippen molar-refractivity contribution in [2.75, 3.05) is 11.9 Å². The van der Waals surface area contributed by atoms with Gasteiger partial charge in [0.2, 0.25) is 0 Å². The van der Waals surface area contributed by atoms with Crippen LogP contribution in [0, 0.1) is 0 Å². The van der Waals surface area contributed by atoms with Gasteiger partial charge in [0.05, 0.1) is 12.7 Å². The molecule has 4 nitrogen and oxygen atoms in total. The van der Waals surface area contributed by atoms with Crippen molar-refractivity contribution in [1.82, 2.24) is 0 Å². The molecule has 0 bridgehead atoms. The van der Waals surface area contributed by atoms with Gasteiger partial charge in [-0.15, -0.1) is 0 Å². The summed E-state index contributed by atoms with van der Waals surface area (Å²) in [4.78, 5) is 0. The molecule has 2 aliphatic heterocycles. The monoisotopic (exact) mass is 359 g/mol. The molecule has 0 amide bonds. The van der Waals surface area contributed by atoms with E-state index in [9.17, 15) is 10.2 Å². The molecule has 0 aliphatic carbocycles. The van der Waals surface area contributed by atoms with Gasteiger partial charge in [0, 0.05) is 23.6 Å². The summed E-state index contributed by atoms with van der Waals surface area (Å²) < 4.78 is 5.94. The largest absolute Gasteiger partial charge is 0.470 e. The third-order valence-corrected chi connectivity index (χ3v) is 5.56. The SMILES string of the molecule is OC[C@H]1OC2=C(C[C@@H]1O)[C@H](c1ccccc1)c1cc3ccccc3cc1N2. The molecule has 0 aromatic heterocycles. The molecule has 0 saturated heterocycles. The average molecular weight is 359 g/mol. The number of rotatable bonds is 2. The quantitative estimate of drug-likeness (QED) is 0.652. The number of anilines is 1. The van der Waals surface area contributed by atoms with Crippen LogP contribution in [0.2, 0.25) is 0 Å². The number of benzene rings is 3. The van der Waals surface area contributed by atoms with Crippen LogP contribution in [0.3, 0.4) is 0 Å². The Balaban J connectivity index is 1.72. The van der Waals surface area contributed by atoms with E-state index in [1.807, 2.05) is 30.3 Å². The molecule has 3 aromatic carbocycles. The fraction of sp³-hybridized carbons (Fsp3) is 0.217. The summed E-state index contributed by atoms with van der Waals surface area (Å²) in [6.07, 6.45) is -0.849. The van der Waals surface area contributed by atoms with Crippen LogP contribution < -0.4 is 5.32 Å². The summed E-state index contributed by atoms with van der Waals surface area (Å²) in [6, 6.07) is 23.0. The zero-order chi connectivity index (χ0) is 18.4. The fourth-order valence-electron chi connectivity index (χ4n) is 4.21. The Morgan fingerprint density at radius 2 is 1.67 bits per heavy atom. The third-order valence-electron chi connectivity index (χ3n) is 5.56. The first kappa shape index (κ1) is 16.4. The van der Waals surface area contributed by atoms with E-state index in [-0.39, 0.29) is 12.5 Å². The minimum absolute atomic E-state index is 0.0105. The van der Waals surface area contributed by atoms with E-state index >= 15 is 0 Å². The molecule has 3 N–H and O–H groups in total. The molecule has 4 heteroatoms. The van der Waals surface area contributed by atoms with E-state index in [1.54, 1.807) is 0 Å². The van der Waals surface area contributed by atoms with Crippen molar-refractivity contribution in [2.45, 2.75) is 24.5 Å². The maximum absolute atomic E-state index is 10.4. The number of hydrogen-bond acceptors (Lipinski definition) is 4. The van der Waals surface area contributed by atoms with E-state index in [2.05, 4.69) is 41.7 Å². The van der Waals surface area contributed by atoms with Crippen molar-refractivity contribution in [2.24, 2.45) is 0 Å². The van der Waals surface area contributed by atoms with E-state index in [0.717, 1.165) is 16.6 Å². The van der Waals surface area contributed by atoms with Crippen LogP contribution in [0.15, 0.2) is 78.2 Å². The average Bonchev–Trinajstić information content (AvgIpc) is 2.71. The Morgan fingerprint density at radius 1 is 0.963 bits per heavy atom. The molecule has 136 valence electrons. The molecular weight excluding hydrogens is 338 g/mol. The first-order valence-electron chi connectivity index (χ1n) is 9.28. The zero-order valence-electron chi connectivity index (χ0n) is 14.8.